The molecule has 0 unspecified atom stereocenters. The molecule has 0 bridgehead atoms. The van der Waals surface area contributed by atoms with Gasteiger partial charge in [-0.1, -0.05) is 0 Å². The van der Waals surface area contributed by atoms with Crippen molar-refractivity contribution in [1.29, 1.82) is 0 Å². The molecule has 1 fully saturated rings. The highest BCUT2D eigenvalue weighted by Gasteiger charge is 2.14. The van der Waals surface area contributed by atoms with E-state index >= 15 is 0 Å². The van der Waals surface area contributed by atoms with Crippen LogP contribution in [-0.4, -0.2) is 36.6 Å². The Labute approximate surface area is 146 Å². The van der Waals surface area contributed by atoms with Gasteiger partial charge in [-0.3, -0.25) is 4.79 Å². The van der Waals surface area contributed by atoms with E-state index in [2.05, 4.69) is 15.2 Å². The number of hydrogen-bond donors (Lipinski definition) is 1. The van der Waals surface area contributed by atoms with E-state index in [4.69, 9.17) is 4.74 Å². The molecule has 1 aromatic heterocycles. The van der Waals surface area contributed by atoms with Crippen molar-refractivity contribution >= 4 is 23.3 Å². The number of amides is 1. The van der Waals surface area contributed by atoms with E-state index in [-0.39, 0.29) is 11.9 Å². The van der Waals surface area contributed by atoms with Crippen LogP contribution in [0.5, 0.6) is 0 Å². The topological polar surface area (TPSA) is 71.5 Å². The van der Waals surface area contributed by atoms with Crippen LogP contribution in [0.25, 0.3) is 0 Å². The Bertz CT molecular complexity index is 736. The molecule has 2 heterocycles. The highest BCUT2D eigenvalue weighted by molar-refractivity contribution is 6.03. The summed E-state index contributed by atoms with van der Waals surface area (Å²) in [6, 6.07) is 10.2. The zero-order valence-corrected chi connectivity index (χ0v) is 14.2. The second kappa shape index (κ2) is 7.79. The number of hydrogen-bond acceptors (Lipinski definition) is 5. The van der Waals surface area contributed by atoms with E-state index in [9.17, 15) is 9.59 Å². The molecule has 1 aliphatic heterocycles. The lowest BCUT2D eigenvalue weighted by molar-refractivity contribution is 0.0526. The predicted molar refractivity (Wildman–Crippen MR) is 96.0 cm³/mol. The lowest BCUT2D eigenvalue weighted by atomic mass is 10.2. The van der Waals surface area contributed by atoms with Gasteiger partial charge in [0.25, 0.3) is 5.91 Å². The van der Waals surface area contributed by atoms with Gasteiger partial charge in [-0.25, -0.2) is 9.78 Å². The number of carbonyl (C=O) groups is 2. The van der Waals surface area contributed by atoms with Crippen LogP contribution < -0.4 is 10.2 Å². The normalized spacial score (nSPS) is 13.6. The molecule has 1 aromatic carbocycles. The fourth-order valence-electron chi connectivity index (χ4n) is 2.78. The summed E-state index contributed by atoms with van der Waals surface area (Å²) in [7, 11) is 0. The summed E-state index contributed by atoms with van der Waals surface area (Å²) < 4.78 is 4.93. The minimum absolute atomic E-state index is 0.281. The van der Waals surface area contributed by atoms with E-state index in [1.54, 1.807) is 43.5 Å². The molecule has 130 valence electrons. The summed E-state index contributed by atoms with van der Waals surface area (Å²) in [6.45, 7) is 4.17. The Kier molecular flexibility index (Phi) is 5.28. The SMILES string of the molecule is CCOC(=O)c1ccc(NC(=O)c2ccc(N3CCCC3)cn2)cc1. The molecular formula is C19H21N3O3. The number of rotatable bonds is 5. The monoisotopic (exact) mass is 339 g/mol. The van der Waals surface area contributed by atoms with Crippen LogP contribution >= 0.6 is 0 Å². The van der Waals surface area contributed by atoms with Crippen LogP contribution in [0.4, 0.5) is 11.4 Å². The van der Waals surface area contributed by atoms with Crippen LogP contribution in [0.3, 0.4) is 0 Å². The molecule has 0 saturated carbocycles. The number of benzene rings is 1. The molecular weight excluding hydrogens is 318 g/mol. The number of nitrogens with one attached hydrogen (secondary N) is 1. The summed E-state index contributed by atoms with van der Waals surface area (Å²) in [4.78, 5) is 30.4. The summed E-state index contributed by atoms with van der Waals surface area (Å²) in [5.74, 6) is -0.656. The van der Waals surface area contributed by atoms with E-state index in [0.717, 1.165) is 18.8 Å². The van der Waals surface area contributed by atoms with Crippen molar-refractivity contribution in [2.75, 3.05) is 29.9 Å². The molecule has 0 spiro atoms. The average molecular weight is 339 g/mol. The van der Waals surface area contributed by atoms with Crippen molar-refractivity contribution < 1.29 is 14.3 Å². The highest BCUT2D eigenvalue weighted by Crippen LogP contribution is 2.19. The molecule has 1 aliphatic rings. The van der Waals surface area contributed by atoms with Gasteiger partial charge in [0, 0.05) is 18.8 Å². The molecule has 6 nitrogen and oxygen atoms in total. The maximum atomic E-state index is 12.3. The number of esters is 1. The van der Waals surface area contributed by atoms with Crippen LogP contribution in [0.2, 0.25) is 0 Å². The van der Waals surface area contributed by atoms with E-state index < -0.39 is 0 Å². The second-order valence-corrected chi connectivity index (χ2v) is 5.85. The molecule has 1 N–H and O–H groups in total. The van der Waals surface area contributed by atoms with E-state index in [1.165, 1.54) is 12.8 Å². The predicted octanol–water partition coefficient (Wildman–Crippen LogP) is 3.11. The maximum Gasteiger partial charge on any atom is 0.338 e. The van der Waals surface area contributed by atoms with Crippen LogP contribution in [-0.2, 0) is 4.74 Å². The Balaban J connectivity index is 1.62. The minimum Gasteiger partial charge on any atom is -0.462 e. The van der Waals surface area contributed by atoms with Crippen LogP contribution in [0.1, 0.15) is 40.6 Å². The van der Waals surface area contributed by atoms with Crippen molar-refractivity contribution in [2.24, 2.45) is 0 Å². The third-order valence-corrected chi connectivity index (χ3v) is 4.11. The van der Waals surface area contributed by atoms with Crippen molar-refractivity contribution in [3.63, 3.8) is 0 Å². The third kappa shape index (κ3) is 4.15. The Morgan fingerprint density at radius 1 is 1.12 bits per heavy atom. The molecule has 25 heavy (non-hydrogen) atoms. The standard InChI is InChI=1S/C19H21N3O3/c1-2-25-19(24)14-5-7-15(8-6-14)21-18(23)17-10-9-16(13-20-17)22-11-3-4-12-22/h5-10,13H,2-4,11-12H2,1H3,(H,21,23). The lowest BCUT2D eigenvalue weighted by Gasteiger charge is -2.16. The van der Waals surface area contributed by atoms with Gasteiger partial charge in [-0.05, 0) is 56.2 Å². The smallest absolute Gasteiger partial charge is 0.338 e. The lowest BCUT2D eigenvalue weighted by Crippen LogP contribution is -2.19. The van der Waals surface area contributed by atoms with Gasteiger partial charge in [-0.2, -0.15) is 0 Å². The van der Waals surface area contributed by atoms with Crippen molar-refractivity contribution in [3.8, 4) is 0 Å². The maximum absolute atomic E-state index is 12.3. The van der Waals surface area contributed by atoms with Gasteiger partial charge in [0.05, 0.1) is 24.1 Å². The minimum atomic E-state index is -0.375. The number of ether oxygens (including phenoxy) is 1. The zero-order chi connectivity index (χ0) is 17.6. The van der Waals surface area contributed by atoms with Crippen molar-refractivity contribution in [3.05, 3.63) is 53.9 Å². The molecule has 0 atom stereocenters. The highest BCUT2D eigenvalue weighted by atomic mass is 16.5. The summed E-state index contributed by atoms with van der Waals surface area (Å²) >= 11 is 0. The van der Waals surface area contributed by atoms with Crippen molar-refractivity contribution in [2.45, 2.75) is 19.8 Å². The molecule has 0 radical (unpaired) electrons. The van der Waals surface area contributed by atoms with Crippen LogP contribution in [0.15, 0.2) is 42.6 Å². The molecule has 0 aliphatic carbocycles. The number of pyridine rings is 1. The van der Waals surface area contributed by atoms with Gasteiger partial charge in [0.1, 0.15) is 5.69 Å². The first-order valence-electron chi connectivity index (χ1n) is 8.47. The summed E-state index contributed by atoms with van der Waals surface area (Å²) in [6.07, 6.45) is 4.14. The summed E-state index contributed by atoms with van der Waals surface area (Å²) in [5, 5.41) is 2.78. The number of nitrogens with zero attached hydrogens (tertiary/aromatic N) is 2. The molecule has 6 heteroatoms. The first kappa shape index (κ1) is 17.0. The molecule has 1 amide bonds. The first-order valence-corrected chi connectivity index (χ1v) is 8.47. The van der Waals surface area contributed by atoms with Gasteiger partial charge in [-0.15, -0.1) is 0 Å². The van der Waals surface area contributed by atoms with E-state index in [0.29, 0.717) is 23.6 Å². The Hall–Kier alpha value is -2.89. The first-order chi connectivity index (χ1) is 12.2. The number of carbonyl (C=O) groups excluding carboxylic acids is 2. The average Bonchev–Trinajstić information content (AvgIpc) is 3.17. The van der Waals surface area contributed by atoms with Gasteiger partial charge < -0.3 is 15.0 Å². The van der Waals surface area contributed by atoms with E-state index in [1.807, 2.05) is 6.07 Å². The van der Waals surface area contributed by atoms with Gasteiger partial charge >= 0.3 is 5.97 Å². The second-order valence-electron chi connectivity index (χ2n) is 5.85. The molecule has 3 rings (SSSR count). The fourth-order valence-corrected chi connectivity index (χ4v) is 2.78. The third-order valence-electron chi connectivity index (χ3n) is 4.11. The fraction of sp³-hybridized carbons (Fsp3) is 0.316. The Morgan fingerprint density at radius 3 is 2.44 bits per heavy atom. The number of aromatic nitrogens is 1. The molecule has 1 saturated heterocycles. The van der Waals surface area contributed by atoms with Crippen molar-refractivity contribution in [1.82, 2.24) is 4.98 Å². The zero-order valence-electron chi connectivity index (χ0n) is 14.2. The molecule has 2 aromatic rings. The number of anilines is 2. The van der Waals surface area contributed by atoms with Gasteiger partial charge in [0.15, 0.2) is 0 Å². The van der Waals surface area contributed by atoms with Gasteiger partial charge in [0.2, 0.25) is 0 Å². The Morgan fingerprint density at radius 2 is 1.84 bits per heavy atom. The largest absolute Gasteiger partial charge is 0.462 e. The quantitative estimate of drug-likeness (QED) is 0.848. The van der Waals surface area contributed by atoms with Crippen LogP contribution in [0, 0.1) is 0 Å². The summed E-state index contributed by atoms with van der Waals surface area (Å²) in [5.41, 5.74) is 2.46.